The highest BCUT2D eigenvalue weighted by atomic mass is 16.2. The first kappa shape index (κ1) is 12.1. The van der Waals surface area contributed by atoms with Crippen LogP contribution in [-0.4, -0.2) is 38.0 Å². The summed E-state index contributed by atoms with van der Waals surface area (Å²) < 4.78 is 0. The lowest BCUT2D eigenvalue weighted by molar-refractivity contribution is -0.116. The zero-order valence-corrected chi connectivity index (χ0v) is 10.4. The first-order chi connectivity index (χ1) is 8.16. The van der Waals surface area contributed by atoms with Gasteiger partial charge in [-0.05, 0) is 44.3 Å². The van der Waals surface area contributed by atoms with Gasteiger partial charge in [0.1, 0.15) is 0 Å². The molecule has 4 heteroatoms. The Morgan fingerprint density at radius 2 is 2.29 bits per heavy atom. The third kappa shape index (κ3) is 3.05. The zero-order valence-electron chi connectivity index (χ0n) is 10.4. The van der Waals surface area contributed by atoms with Crippen LogP contribution in [0.15, 0.2) is 18.2 Å². The monoisotopic (exact) mass is 233 g/mol. The molecule has 0 aliphatic carbocycles. The number of hydrogen-bond donors (Lipinski definition) is 2. The minimum absolute atomic E-state index is 0.0361. The Kier molecular flexibility index (Phi) is 3.76. The van der Waals surface area contributed by atoms with E-state index in [0.717, 1.165) is 25.2 Å². The molecule has 0 fully saturated rings. The Morgan fingerprint density at radius 3 is 3.06 bits per heavy atom. The van der Waals surface area contributed by atoms with E-state index < -0.39 is 0 Å². The number of fused-ring (bicyclic) bond motifs is 1. The van der Waals surface area contributed by atoms with Crippen LogP contribution in [-0.2, 0) is 17.8 Å². The van der Waals surface area contributed by atoms with E-state index in [9.17, 15) is 4.79 Å². The van der Waals surface area contributed by atoms with Gasteiger partial charge in [-0.15, -0.1) is 0 Å². The predicted octanol–water partition coefficient (Wildman–Crippen LogP) is 0.832. The van der Waals surface area contributed by atoms with Crippen LogP contribution >= 0.6 is 0 Å². The molecule has 0 radical (unpaired) electrons. The van der Waals surface area contributed by atoms with Crippen molar-refractivity contribution in [2.24, 2.45) is 0 Å². The van der Waals surface area contributed by atoms with Crippen molar-refractivity contribution in [1.82, 2.24) is 10.2 Å². The highest BCUT2D eigenvalue weighted by molar-refractivity contribution is 5.93. The lowest BCUT2D eigenvalue weighted by atomic mass is 9.99. The van der Waals surface area contributed by atoms with Crippen LogP contribution in [0.25, 0.3) is 0 Å². The molecule has 1 aliphatic heterocycles. The summed E-state index contributed by atoms with van der Waals surface area (Å²) in [5, 5.41) is 6.31. The molecule has 0 bridgehead atoms. The average molecular weight is 233 g/mol. The van der Waals surface area contributed by atoms with Crippen LogP contribution in [0.4, 0.5) is 5.69 Å². The number of carbonyl (C=O) groups is 1. The number of hydrogen-bond acceptors (Lipinski definition) is 3. The van der Waals surface area contributed by atoms with Crippen LogP contribution in [0.2, 0.25) is 0 Å². The van der Waals surface area contributed by atoms with Crippen LogP contribution in [0.5, 0.6) is 0 Å². The molecule has 0 aromatic heterocycles. The topological polar surface area (TPSA) is 44.4 Å². The minimum atomic E-state index is 0.0361. The molecule has 0 atom stereocenters. The molecule has 0 saturated carbocycles. The van der Waals surface area contributed by atoms with E-state index >= 15 is 0 Å². The summed E-state index contributed by atoms with van der Waals surface area (Å²) in [4.78, 5) is 13.6. The van der Waals surface area contributed by atoms with Gasteiger partial charge in [0.25, 0.3) is 0 Å². The molecule has 1 aromatic rings. The molecule has 1 aromatic carbocycles. The van der Waals surface area contributed by atoms with Gasteiger partial charge in [0, 0.05) is 12.2 Å². The third-order valence-electron chi connectivity index (χ3n) is 2.88. The molecule has 0 saturated heterocycles. The van der Waals surface area contributed by atoms with E-state index in [4.69, 9.17) is 0 Å². The number of amides is 1. The molecule has 4 nitrogen and oxygen atoms in total. The summed E-state index contributed by atoms with van der Waals surface area (Å²) in [7, 11) is 3.78. The van der Waals surface area contributed by atoms with Gasteiger partial charge in [0.15, 0.2) is 0 Å². The Morgan fingerprint density at radius 1 is 1.47 bits per heavy atom. The summed E-state index contributed by atoms with van der Waals surface area (Å²) in [6.45, 7) is 2.27. The molecular formula is C13H19N3O. The van der Waals surface area contributed by atoms with E-state index in [1.807, 2.05) is 31.1 Å². The molecule has 1 heterocycles. The number of benzene rings is 1. The molecule has 1 aliphatic rings. The van der Waals surface area contributed by atoms with Gasteiger partial charge in [0.05, 0.1) is 6.54 Å². The number of carbonyl (C=O) groups excluding carboxylic acids is 1. The number of likely N-dealkylation sites (N-methyl/N-ethyl adjacent to an activating group) is 1. The van der Waals surface area contributed by atoms with Crippen LogP contribution in [0.1, 0.15) is 11.1 Å². The second kappa shape index (κ2) is 5.29. The molecular weight excluding hydrogens is 214 g/mol. The van der Waals surface area contributed by atoms with Crippen molar-refractivity contribution in [2.75, 3.05) is 32.5 Å². The van der Waals surface area contributed by atoms with Crippen LogP contribution in [0, 0.1) is 0 Å². The van der Waals surface area contributed by atoms with Crippen LogP contribution < -0.4 is 10.6 Å². The second-order valence-electron chi connectivity index (χ2n) is 4.66. The van der Waals surface area contributed by atoms with Gasteiger partial charge in [-0.2, -0.15) is 0 Å². The fraction of sp³-hybridized carbons (Fsp3) is 0.462. The van der Waals surface area contributed by atoms with Gasteiger partial charge in [-0.1, -0.05) is 12.1 Å². The largest absolute Gasteiger partial charge is 0.325 e. The maximum atomic E-state index is 11.7. The summed E-state index contributed by atoms with van der Waals surface area (Å²) in [5.74, 6) is 0.0361. The van der Waals surface area contributed by atoms with Crippen molar-refractivity contribution in [1.29, 1.82) is 0 Å². The Bertz CT molecular complexity index is 415. The summed E-state index contributed by atoms with van der Waals surface area (Å²) in [6.07, 6.45) is 1.03. The Balaban J connectivity index is 2.13. The van der Waals surface area contributed by atoms with E-state index in [-0.39, 0.29) is 5.91 Å². The summed E-state index contributed by atoms with van der Waals surface area (Å²) in [6, 6.07) is 6.12. The summed E-state index contributed by atoms with van der Waals surface area (Å²) >= 11 is 0. The Hall–Kier alpha value is -1.39. The zero-order chi connectivity index (χ0) is 12.3. The van der Waals surface area contributed by atoms with Crippen LogP contribution in [0.3, 0.4) is 0 Å². The fourth-order valence-corrected chi connectivity index (χ4v) is 2.11. The molecule has 1 amide bonds. The average Bonchev–Trinajstić information content (AvgIpc) is 2.28. The highest BCUT2D eigenvalue weighted by Gasteiger charge is 2.13. The first-order valence-corrected chi connectivity index (χ1v) is 5.93. The molecule has 2 rings (SSSR count). The van der Waals surface area contributed by atoms with Gasteiger partial charge in [0.2, 0.25) is 5.91 Å². The normalized spacial score (nSPS) is 14.5. The standard InChI is InChI=1S/C13H19N3O/c1-16(2)9-13(17)15-12-5-3-4-10-6-7-14-8-11(10)12/h3-5,14H,6-9H2,1-2H3,(H,15,17). The Labute approximate surface area is 102 Å². The molecule has 92 valence electrons. The van der Waals surface area contributed by atoms with Crippen molar-refractivity contribution in [2.45, 2.75) is 13.0 Å². The van der Waals surface area contributed by atoms with Crippen molar-refractivity contribution < 1.29 is 4.79 Å². The van der Waals surface area contributed by atoms with Gasteiger partial charge in [-0.3, -0.25) is 4.79 Å². The fourth-order valence-electron chi connectivity index (χ4n) is 2.11. The van der Waals surface area contributed by atoms with E-state index in [0.29, 0.717) is 6.54 Å². The van der Waals surface area contributed by atoms with Crippen molar-refractivity contribution in [3.05, 3.63) is 29.3 Å². The van der Waals surface area contributed by atoms with E-state index in [1.54, 1.807) is 0 Å². The lowest BCUT2D eigenvalue weighted by Gasteiger charge is -2.21. The smallest absolute Gasteiger partial charge is 0.238 e. The number of nitrogens with one attached hydrogen (secondary N) is 2. The maximum Gasteiger partial charge on any atom is 0.238 e. The van der Waals surface area contributed by atoms with Crippen molar-refractivity contribution in [3.63, 3.8) is 0 Å². The first-order valence-electron chi connectivity index (χ1n) is 5.93. The highest BCUT2D eigenvalue weighted by Crippen LogP contribution is 2.22. The van der Waals surface area contributed by atoms with E-state index in [1.165, 1.54) is 11.1 Å². The number of nitrogens with zero attached hydrogens (tertiary/aromatic N) is 1. The van der Waals surface area contributed by atoms with E-state index in [2.05, 4.69) is 16.7 Å². The van der Waals surface area contributed by atoms with Gasteiger partial charge >= 0.3 is 0 Å². The third-order valence-corrected chi connectivity index (χ3v) is 2.88. The summed E-state index contributed by atoms with van der Waals surface area (Å²) in [5.41, 5.74) is 3.51. The van der Waals surface area contributed by atoms with Gasteiger partial charge < -0.3 is 15.5 Å². The van der Waals surface area contributed by atoms with Gasteiger partial charge in [-0.25, -0.2) is 0 Å². The maximum absolute atomic E-state index is 11.7. The predicted molar refractivity (Wildman–Crippen MR) is 69.0 cm³/mol. The molecule has 0 unspecified atom stereocenters. The quantitative estimate of drug-likeness (QED) is 0.813. The van der Waals surface area contributed by atoms with Crippen molar-refractivity contribution in [3.8, 4) is 0 Å². The molecule has 2 N–H and O–H groups in total. The molecule has 0 spiro atoms. The number of anilines is 1. The number of rotatable bonds is 3. The minimum Gasteiger partial charge on any atom is -0.325 e. The second-order valence-corrected chi connectivity index (χ2v) is 4.66. The molecule has 17 heavy (non-hydrogen) atoms. The lowest BCUT2D eigenvalue weighted by Crippen LogP contribution is -2.29. The van der Waals surface area contributed by atoms with Crippen molar-refractivity contribution >= 4 is 11.6 Å². The SMILES string of the molecule is CN(C)CC(=O)Nc1cccc2c1CNCC2.